The SMILES string of the molecule is COC(=O)c1ccc(/C(N)=N/OC(=O)CCCC2CCN(C(=O)OC(C)(C)C)CC2)cc1. The average molecular weight is 448 g/mol. The maximum atomic E-state index is 12.1. The highest BCUT2D eigenvalue weighted by Crippen LogP contribution is 2.24. The molecular formula is C23H33N3O6. The Hall–Kier alpha value is -3.10. The molecule has 0 aliphatic carbocycles. The van der Waals surface area contributed by atoms with Crippen LogP contribution < -0.4 is 5.73 Å². The van der Waals surface area contributed by atoms with E-state index in [1.807, 2.05) is 20.8 Å². The number of amidine groups is 1. The second-order valence-corrected chi connectivity index (χ2v) is 8.81. The highest BCUT2D eigenvalue weighted by atomic mass is 16.7. The standard InChI is InChI=1S/C23H33N3O6/c1-23(2,3)31-22(29)26-14-12-16(13-15-26)6-5-7-19(27)32-25-20(24)17-8-10-18(11-9-17)21(28)30-4/h8-11,16H,5-7,12-15H2,1-4H3,(H2,24,25). The normalized spacial score (nSPS) is 15.2. The fourth-order valence-corrected chi connectivity index (χ4v) is 3.36. The third-order valence-corrected chi connectivity index (χ3v) is 5.11. The van der Waals surface area contributed by atoms with Gasteiger partial charge in [0.1, 0.15) is 5.60 Å². The Morgan fingerprint density at radius 2 is 1.69 bits per heavy atom. The fourth-order valence-electron chi connectivity index (χ4n) is 3.36. The lowest BCUT2D eigenvalue weighted by Crippen LogP contribution is -2.41. The number of esters is 1. The van der Waals surface area contributed by atoms with Gasteiger partial charge in [-0.25, -0.2) is 14.4 Å². The number of oxime groups is 1. The van der Waals surface area contributed by atoms with Gasteiger partial charge in [0.25, 0.3) is 0 Å². The number of hydrogen-bond acceptors (Lipinski definition) is 7. The number of carbonyl (C=O) groups excluding carboxylic acids is 3. The van der Waals surface area contributed by atoms with Gasteiger partial charge in [-0.05, 0) is 64.5 Å². The first-order valence-corrected chi connectivity index (χ1v) is 10.8. The molecule has 0 atom stereocenters. The van der Waals surface area contributed by atoms with Crippen molar-refractivity contribution in [3.8, 4) is 0 Å². The quantitative estimate of drug-likeness (QED) is 0.223. The van der Waals surface area contributed by atoms with Gasteiger partial charge in [-0.2, -0.15) is 0 Å². The van der Waals surface area contributed by atoms with Crippen LogP contribution in [0.1, 0.15) is 68.8 Å². The Balaban J connectivity index is 1.68. The predicted octanol–water partition coefficient (Wildman–Crippen LogP) is 3.45. The number of hydrogen-bond donors (Lipinski definition) is 1. The number of methoxy groups -OCH3 is 1. The monoisotopic (exact) mass is 447 g/mol. The molecule has 0 aromatic heterocycles. The summed E-state index contributed by atoms with van der Waals surface area (Å²) in [7, 11) is 1.30. The lowest BCUT2D eigenvalue weighted by Gasteiger charge is -2.33. The Labute approximate surface area is 188 Å². The van der Waals surface area contributed by atoms with Crippen molar-refractivity contribution in [3.63, 3.8) is 0 Å². The van der Waals surface area contributed by atoms with Gasteiger partial charge in [0.15, 0.2) is 5.84 Å². The summed E-state index contributed by atoms with van der Waals surface area (Å²) in [6.07, 6.45) is 3.31. The van der Waals surface area contributed by atoms with E-state index in [1.54, 1.807) is 29.2 Å². The molecule has 2 rings (SSSR count). The summed E-state index contributed by atoms with van der Waals surface area (Å²) >= 11 is 0. The number of carbonyl (C=O) groups is 3. The van der Waals surface area contributed by atoms with Crippen LogP contribution in [0.2, 0.25) is 0 Å². The lowest BCUT2D eigenvalue weighted by atomic mass is 9.92. The van der Waals surface area contributed by atoms with Gasteiger partial charge in [-0.1, -0.05) is 17.3 Å². The van der Waals surface area contributed by atoms with Crippen molar-refractivity contribution in [1.82, 2.24) is 4.90 Å². The van der Waals surface area contributed by atoms with Crippen molar-refractivity contribution in [3.05, 3.63) is 35.4 Å². The maximum Gasteiger partial charge on any atom is 0.410 e. The summed E-state index contributed by atoms with van der Waals surface area (Å²) < 4.78 is 10.0. The van der Waals surface area contributed by atoms with Crippen molar-refractivity contribution in [2.45, 2.75) is 58.5 Å². The Morgan fingerprint density at radius 1 is 1.09 bits per heavy atom. The van der Waals surface area contributed by atoms with Crippen LogP contribution in [0.15, 0.2) is 29.4 Å². The first kappa shape index (κ1) is 25.2. The summed E-state index contributed by atoms with van der Waals surface area (Å²) in [5.74, 6) is -0.396. The number of likely N-dealkylation sites (tertiary alicyclic amines) is 1. The molecule has 1 aromatic carbocycles. The number of nitrogens with zero attached hydrogens (tertiary/aromatic N) is 2. The third-order valence-electron chi connectivity index (χ3n) is 5.11. The zero-order valence-electron chi connectivity index (χ0n) is 19.3. The highest BCUT2D eigenvalue weighted by molar-refractivity contribution is 5.98. The molecule has 0 spiro atoms. The maximum absolute atomic E-state index is 12.1. The molecule has 1 aliphatic rings. The smallest absolute Gasteiger partial charge is 0.410 e. The lowest BCUT2D eigenvalue weighted by molar-refractivity contribution is -0.143. The number of amides is 1. The third kappa shape index (κ3) is 8.20. The molecule has 1 aliphatic heterocycles. The zero-order chi connectivity index (χ0) is 23.7. The van der Waals surface area contributed by atoms with Crippen molar-refractivity contribution in [2.75, 3.05) is 20.2 Å². The number of benzene rings is 1. The molecule has 0 radical (unpaired) electrons. The molecule has 1 amide bonds. The second kappa shape index (κ2) is 11.5. The summed E-state index contributed by atoms with van der Waals surface area (Å²) in [6.45, 7) is 6.90. The van der Waals surface area contributed by atoms with Gasteiger partial charge in [-0.15, -0.1) is 0 Å². The molecule has 2 N–H and O–H groups in total. The fraction of sp³-hybridized carbons (Fsp3) is 0.565. The van der Waals surface area contributed by atoms with Crippen LogP contribution in [-0.2, 0) is 19.1 Å². The summed E-state index contributed by atoms with van der Waals surface area (Å²) in [5, 5.41) is 3.68. The first-order valence-electron chi connectivity index (χ1n) is 10.8. The molecular weight excluding hydrogens is 414 g/mol. The van der Waals surface area contributed by atoms with E-state index in [1.165, 1.54) is 7.11 Å². The van der Waals surface area contributed by atoms with Crippen molar-refractivity contribution >= 4 is 23.9 Å². The molecule has 1 fully saturated rings. The molecule has 0 bridgehead atoms. The number of piperidine rings is 1. The Bertz CT molecular complexity index is 821. The van der Waals surface area contributed by atoms with E-state index in [0.29, 0.717) is 36.6 Å². The van der Waals surface area contributed by atoms with E-state index < -0.39 is 17.5 Å². The molecule has 176 valence electrons. The second-order valence-electron chi connectivity index (χ2n) is 8.81. The summed E-state index contributed by atoms with van der Waals surface area (Å²) in [4.78, 5) is 42.2. The largest absolute Gasteiger partial charge is 0.465 e. The molecule has 9 nitrogen and oxygen atoms in total. The minimum atomic E-state index is -0.493. The molecule has 32 heavy (non-hydrogen) atoms. The number of rotatable bonds is 7. The van der Waals surface area contributed by atoms with E-state index in [9.17, 15) is 14.4 Å². The van der Waals surface area contributed by atoms with Crippen molar-refractivity contribution in [1.29, 1.82) is 0 Å². The Morgan fingerprint density at radius 3 is 2.25 bits per heavy atom. The van der Waals surface area contributed by atoms with Gasteiger partial charge in [-0.3, -0.25) is 0 Å². The van der Waals surface area contributed by atoms with Gasteiger partial charge >= 0.3 is 18.0 Å². The first-order chi connectivity index (χ1) is 15.1. The number of nitrogens with two attached hydrogens (primary N) is 1. The molecule has 9 heteroatoms. The minimum Gasteiger partial charge on any atom is -0.465 e. The topological polar surface area (TPSA) is 121 Å². The van der Waals surface area contributed by atoms with Crippen LogP contribution in [0.3, 0.4) is 0 Å². The van der Waals surface area contributed by atoms with Crippen LogP contribution in [0, 0.1) is 5.92 Å². The minimum absolute atomic E-state index is 0.0456. The van der Waals surface area contributed by atoms with Crippen molar-refractivity contribution < 1.29 is 28.7 Å². The van der Waals surface area contributed by atoms with Gasteiger partial charge < -0.3 is 24.9 Å². The van der Waals surface area contributed by atoms with Crippen LogP contribution in [0.5, 0.6) is 0 Å². The predicted molar refractivity (Wildman–Crippen MR) is 119 cm³/mol. The molecule has 0 saturated carbocycles. The van der Waals surface area contributed by atoms with Crippen LogP contribution in [-0.4, -0.2) is 54.6 Å². The highest BCUT2D eigenvalue weighted by Gasteiger charge is 2.26. The molecule has 0 unspecified atom stereocenters. The number of ether oxygens (including phenoxy) is 2. The van der Waals surface area contributed by atoms with Gasteiger partial charge in [0, 0.05) is 25.1 Å². The zero-order valence-corrected chi connectivity index (χ0v) is 19.3. The van der Waals surface area contributed by atoms with E-state index in [-0.39, 0.29) is 18.3 Å². The summed E-state index contributed by atoms with van der Waals surface area (Å²) in [6, 6.07) is 6.31. The Kier molecular flexibility index (Phi) is 9.04. The van der Waals surface area contributed by atoms with E-state index in [4.69, 9.17) is 15.3 Å². The van der Waals surface area contributed by atoms with E-state index in [2.05, 4.69) is 9.89 Å². The van der Waals surface area contributed by atoms with Crippen LogP contribution in [0.25, 0.3) is 0 Å². The summed E-state index contributed by atoms with van der Waals surface area (Å²) in [5.41, 5.74) is 6.26. The van der Waals surface area contributed by atoms with E-state index >= 15 is 0 Å². The van der Waals surface area contributed by atoms with Gasteiger partial charge in [0.2, 0.25) is 0 Å². The average Bonchev–Trinajstić information content (AvgIpc) is 2.76. The van der Waals surface area contributed by atoms with Crippen LogP contribution >= 0.6 is 0 Å². The van der Waals surface area contributed by atoms with Crippen LogP contribution in [0.4, 0.5) is 4.79 Å². The van der Waals surface area contributed by atoms with E-state index in [0.717, 1.165) is 19.3 Å². The molecule has 1 heterocycles. The van der Waals surface area contributed by atoms with Gasteiger partial charge in [0.05, 0.1) is 12.7 Å². The van der Waals surface area contributed by atoms with Crippen molar-refractivity contribution in [2.24, 2.45) is 16.8 Å². The molecule has 1 saturated heterocycles. The molecule has 1 aromatic rings.